The first kappa shape index (κ1) is 13.1. The van der Waals surface area contributed by atoms with Crippen LogP contribution in [0.3, 0.4) is 0 Å². The molecule has 0 radical (unpaired) electrons. The molecular weight excluding hydrogens is 270 g/mol. The van der Waals surface area contributed by atoms with Gasteiger partial charge in [-0.2, -0.15) is 0 Å². The summed E-state index contributed by atoms with van der Waals surface area (Å²) in [4.78, 5) is 18.6. The average molecular weight is 287 g/mol. The number of hydrogen-bond donors (Lipinski definition) is 1. The van der Waals surface area contributed by atoms with Crippen molar-refractivity contribution >= 4 is 23.1 Å². The van der Waals surface area contributed by atoms with Crippen molar-refractivity contribution in [3.8, 4) is 0 Å². The van der Waals surface area contributed by atoms with E-state index in [9.17, 15) is 4.79 Å². The van der Waals surface area contributed by atoms with Crippen LogP contribution >= 0.6 is 11.3 Å². The molecule has 2 heterocycles. The number of fused-ring (bicyclic) bond motifs is 1. The molecule has 5 heteroatoms. The van der Waals surface area contributed by atoms with E-state index in [1.54, 1.807) is 11.3 Å². The number of urea groups is 1. The molecule has 2 amide bonds. The molecule has 20 heavy (non-hydrogen) atoms. The van der Waals surface area contributed by atoms with E-state index < -0.39 is 0 Å². The molecule has 0 bridgehead atoms. The molecule has 0 spiro atoms. The summed E-state index contributed by atoms with van der Waals surface area (Å²) >= 11 is 1.60. The van der Waals surface area contributed by atoms with E-state index in [1.807, 2.05) is 35.4 Å². The van der Waals surface area contributed by atoms with Gasteiger partial charge >= 0.3 is 6.03 Å². The van der Waals surface area contributed by atoms with Crippen LogP contribution in [0.2, 0.25) is 0 Å². The Morgan fingerprint density at radius 1 is 1.50 bits per heavy atom. The number of anilines is 1. The number of carbonyl (C=O) groups is 1. The molecule has 3 rings (SSSR count). The van der Waals surface area contributed by atoms with Crippen molar-refractivity contribution in [2.75, 3.05) is 4.90 Å². The second kappa shape index (κ2) is 5.25. The van der Waals surface area contributed by atoms with E-state index in [0.717, 1.165) is 22.8 Å². The van der Waals surface area contributed by atoms with Crippen LogP contribution in [-0.2, 0) is 13.0 Å². The van der Waals surface area contributed by atoms with Crippen LogP contribution in [0.5, 0.6) is 0 Å². The highest BCUT2D eigenvalue weighted by Gasteiger charge is 2.30. The number of aromatic nitrogens is 1. The number of aryl methyl sites for hydroxylation is 1. The summed E-state index contributed by atoms with van der Waals surface area (Å²) in [6, 6.07) is 8.23. The van der Waals surface area contributed by atoms with Gasteiger partial charge in [0.05, 0.1) is 17.2 Å². The van der Waals surface area contributed by atoms with Gasteiger partial charge in [0, 0.05) is 17.1 Å². The van der Waals surface area contributed by atoms with Gasteiger partial charge in [-0.25, -0.2) is 9.78 Å². The summed E-state index contributed by atoms with van der Waals surface area (Å²) in [5.41, 5.74) is 3.17. The Morgan fingerprint density at radius 2 is 2.30 bits per heavy atom. The number of nitrogens with zero attached hydrogens (tertiary/aromatic N) is 2. The Balaban J connectivity index is 1.71. The highest BCUT2D eigenvalue weighted by molar-refractivity contribution is 7.09. The minimum Gasteiger partial charge on any atom is -0.332 e. The van der Waals surface area contributed by atoms with Gasteiger partial charge in [0.15, 0.2) is 0 Å². The molecule has 1 atom stereocenters. The fourth-order valence-electron chi connectivity index (χ4n) is 2.62. The van der Waals surface area contributed by atoms with Crippen LogP contribution in [-0.4, -0.2) is 17.1 Å². The topological polar surface area (TPSA) is 45.2 Å². The van der Waals surface area contributed by atoms with Gasteiger partial charge in [0.25, 0.3) is 0 Å². The zero-order chi connectivity index (χ0) is 14.1. The molecule has 0 aliphatic carbocycles. The molecule has 1 aromatic carbocycles. The minimum atomic E-state index is -0.0481. The Bertz CT molecular complexity index is 638. The lowest BCUT2D eigenvalue weighted by Gasteiger charge is -2.22. The number of nitrogens with one attached hydrogen (secondary N) is 1. The van der Waals surface area contributed by atoms with Gasteiger partial charge in [0.2, 0.25) is 0 Å². The largest absolute Gasteiger partial charge is 0.332 e. The summed E-state index contributed by atoms with van der Waals surface area (Å²) in [6.07, 6.45) is 0.916. The molecular formula is C15H17N3OS. The molecule has 1 N–H and O–H groups in total. The van der Waals surface area contributed by atoms with E-state index in [0.29, 0.717) is 6.54 Å². The monoisotopic (exact) mass is 287 g/mol. The van der Waals surface area contributed by atoms with Gasteiger partial charge in [0.1, 0.15) is 0 Å². The number of benzene rings is 1. The molecule has 0 saturated heterocycles. The van der Waals surface area contributed by atoms with Crippen molar-refractivity contribution in [3.05, 3.63) is 45.9 Å². The summed E-state index contributed by atoms with van der Waals surface area (Å²) < 4.78 is 0. The number of thiazole rings is 1. The quantitative estimate of drug-likeness (QED) is 0.922. The maximum absolute atomic E-state index is 12.4. The van der Waals surface area contributed by atoms with Crippen molar-refractivity contribution < 1.29 is 4.79 Å². The van der Waals surface area contributed by atoms with E-state index >= 15 is 0 Å². The highest BCUT2D eigenvalue weighted by atomic mass is 32.1. The van der Waals surface area contributed by atoms with E-state index in [1.165, 1.54) is 5.56 Å². The maximum atomic E-state index is 12.4. The van der Waals surface area contributed by atoms with Gasteiger partial charge in [-0.3, -0.25) is 4.90 Å². The van der Waals surface area contributed by atoms with Gasteiger partial charge in [-0.15, -0.1) is 11.3 Å². The third kappa shape index (κ3) is 2.41. The molecule has 1 aliphatic heterocycles. The first-order valence-electron chi connectivity index (χ1n) is 6.71. The Labute approximate surface area is 122 Å². The van der Waals surface area contributed by atoms with Crippen molar-refractivity contribution in [1.82, 2.24) is 10.3 Å². The third-order valence-electron chi connectivity index (χ3n) is 3.51. The van der Waals surface area contributed by atoms with Crippen molar-refractivity contribution in [3.63, 3.8) is 0 Å². The number of carbonyl (C=O) groups excluding carboxylic acids is 1. The standard InChI is InChI=1S/C15H17N3OS/c1-10-7-12-5-3-4-6-14(12)18(10)15(19)16-8-13-9-20-11(2)17-13/h3-6,9-10H,7-8H2,1-2H3,(H,16,19)/t10-/m0/s1. The number of rotatable bonds is 2. The first-order valence-corrected chi connectivity index (χ1v) is 7.59. The van der Waals surface area contributed by atoms with Crippen LogP contribution in [0.4, 0.5) is 10.5 Å². The zero-order valence-corrected chi connectivity index (χ0v) is 12.4. The van der Waals surface area contributed by atoms with Crippen molar-refractivity contribution in [1.29, 1.82) is 0 Å². The van der Waals surface area contributed by atoms with Crippen molar-refractivity contribution in [2.45, 2.75) is 32.9 Å². The molecule has 1 aromatic heterocycles. The molecule has 0 saturated carbocycles. The molecule has 0 fully saturated rings. The molecule has 1 aliphatic rings. The fourth-order valence-corrected chi connectivity index (χ4v) is 3.23. The highest BCUT2D eigenvalue weighted by Crippen LogP contribution is 2.31. The van der Waals surface area contributed by atoms with Gasteiger partial charge in [-0.1, -0.05) is 18.2 Å². The van der Waals surface area contributed by atoms with Crippen LogP contribution in [0.25, 0.3) is 0 Å². The van der Waals surface area contributed by atoms with Crippen LogP contribution < -0.4 is 10.2 Å². The van der Waals surface area contributed by atoms with E-state index in [2.05, 4.69) is 23.3 Å². The second-order valence-corrected chi connectivity index (χ2v) is 6.13. The SMILES string of the molecule is Cc1nc(CNC(=O)N2c3ccccc3C[C@@H]2C)cs1. The first-order chi connectivity index (χ1) is 9.65. The van der Waals surface area contributed by atoms with E-state index in [-0.39, 0.29) is 12.1 Å². The number of para-hydroxylation sites is 1. The molecule has 104 valence electrons. The number of amides is 2. The van der Waals surface area contributed by atoms with E-state index in [4.69, 9.17) is 0 Å². The smallest absolute Gasteiger partial charge is 0.322 e. The lowest BCUT2D eigenvalue weighted by Crippen LogP contribution is -2.43. The lowest BCUT2D eigenvalue weighted by molar-refractivity contribution is 0.244. The summed E-state index contributed by atoms with van der Waals surface area (Å²) in [7, 11) is 0. The summed E-state index contributed by atoms with van der Waals surface area (Å²) in [5, 5.41) is 5.96. The average Bonchev–Trinajstić information content (AvgIpc) is 2.98. The summed E-state index contributed by atoms with van der Waals surface area (Å²) in [5.74, 6) is 0. The van der Waals surface area contributed by atoms with Crippen LogP contribution in [0.1, 0.15) is 23.2 Å². The molecule has 4 nitrogen and oxygen atoms in total. The molecule has 2 aromatic rings. The summed E-state index contributed by atoms with van der Waals surface area (Å²) in [6.45, 7) is 4.52. The minimum absolute atomic E-state index is 0.0481. The third-order valence-corrected chi connectivity index (χ3v) is 4.34. The maximum Gasteiger partial charge on any atom is 0.322 e. The Kier molecular flexibility index (Phi) is 3.44. The van der Waals surface area contributed by atoms with Crippen molar-refractivity contribution in [2.24, 2.45) is 0 Å². The lowest BCUT2D eigenvalue weighted by atomic mass is 10.1. The predicted octanol–water partition coefficient (Wildman–Crippen LogP) is 3.11. The zero-order valence-electron chi connectivity index (χ0n) is 11.6. The molecule has 0 unspecified atom stereocenters. The number of hydrogen-bond acceptors (Lipinski definition) is 3. The second-order valence-electron chi connectivity index (χ2n) is 5.07. The van der Waals surface area contributed by atoms with Crippen LogP contribution in [0.15, 0.2) is 29.6 Å². The fraction of sp³-hybridized carbons (Fsp3) is 0.333. The predicted molar refractivity (Wildman–Crippen MR) is 81.2 cm³/mol. The van der Waals surface area contributed by atoms with Crippen LogP contribution in [0, 0.1) is 6.92 Å². The Hall–Kier alpha value is -1.88. The van der Waals surface area contributed by atoms with Gasteiger partial charge < -0.3 is 5.32 Å². The van der Waals surface area contributed by atoms with Gasteiger partial charge in [-0.05, 0) is 31.9 Å². The Morgan fingerprint density at radius 3 is 3.05 bits per heavy atom. The normalized spacial score (nSPS) is 17.1.